The molecule has 18 nitrogen and oxygen atoms in total. The fourth-order valence-corrected chi connectivity index (χ4v) is 5.83. The predicted molar refractivity (Wildman–Crippen MR) is 164 cm³/mol. The number of oxime groups is 1. The summed E-state index contributed by atoms with van der Waals surface area (Å²) >= 11 is 0.966. The first-order chi connectivity index (χ1) is 22.1. The molecule has 3 aromatic rings. The number of carbonyl (C=O) groups is 3. The summed E-state index contributed by atoms with van der Waals surface area (Å²) in [6.45, 7) is 5.15. The Labute approximate surface area is 272 Å². The Hall–Kier alpha value is -4.63. The minimum atomic E-state index is -5.01. The van der Waals surface area contributed by atoms with E-state index in [1.807, 2.05) is 30.1 Å². The topological polar surface area (TPSA) is 241 Å². The third kappa shape index (κ3) is 7.68. The first kappa shape index (κ1) is 33.7. The summed E-state index contributed by atoms with van der Waals surface area (Å²) in [5.74, 6) is -2.48. The van der Waals surface area contributed by atoms with E-state index in [1.165, 1.54) is 19.2 Å². The van der Waals surface area contributed by atoms with Crippen LogP contribution in [0.5, 0.6) is 5.75 Å². The van der Waals surface area contributed by atoms with Gasteiger partial charge in [-0.25, -0.2) is 9.78 Å². The number of β-lactam (4-membered cyclic amide) rings is 1. The number of aryl methyl sites for hydroxylation is 1. The second kappa shape index (κ2) is 13.2. The molecule has 2 aromatic heterocycles. The number of nitrogens with zero attached hydrogens (tertiary/aromatic N) is 5. The molecule has 47 heavy (non-hydrogen) atoms. The number of anilines is 1. The standard InChI is InChI=1S/C27H32N8O10S2/c1-27(2)22(24(37)35(27)45-47(40,41)42)31-23(36)21(19-14-46-26(28)30-19)32-44-20(25(38)39)13-43-18-6-4-16(5-7-18)17-11-33(3)34(12-17)10-15-8-29-9-15/h4-7,11-12,14-15,20,22,29H,8-10,13H2,1-3H3,(H4-,28,30,31,36,38,39,40,41,42)/p+1/b32-21-/t20?,22-/m1/s1. The van der Waals surface area contributed by atoms with E-state index in [1.54, 1.807) is 12.1 Å². The van der Waals surface area contributed by atoms with E-state index in [9.17, 15) is 27.9 Å². The number of thiazole rings is 1. The lowest BCUT2D eigenvalue weighted by atomic mass is 9.84. The number of ether oxygens (including phenoxy) is 1. The molecule has 5 rings (SSSR count). The summed E-state index contributed by atoms with van der Waals surface area (Å²) in [4.78, 5) is 46.9. The lowest BCUT2D eigenvalue weighted by Crippen LogP contribution is -2.76. The molecule has 1 unspecified atom stereocenters. The van der Waals surface area contributed by atoms with Crippen molar-refractivity contribution in [2.75, 3.05) is 25.4 Å². The van der Waals surface area contributed by atoms with Crippen LogP contribution in [-0.4, -0.2) is 93.7 Å². The Morgan fingerprint density at radius 3 is 2.53 bits per heavy atom. The number of carbonyl (C=O) groups excluding carboxylic acids is 2. The minimum absolute atomic E-state index is 0.0656. The fourth-order valence-electron chi connectivity index (χ4n) is 4.83. The van der Waals surface area contributed by atoms with Crippen LogP contribution in [0.4, 0.5) is 5.13 Å². The van der Waals surface area contributed by atoms with Gasteiger partial charge >= 0.3 is 16.4 Å². The second-order valence-electron chi connectivity index (χ2n) is 11.4. The maximum Gasteiger partial charge on any atom is 0.418 e. The number of hydrogen-bond donors (Lipinski definition) is 5. The number of nitrogens with one attached hydrogen (secondary N) is 2. The Morgan fingerprint density at radius 2 is 1.98 bits per heavy atom. The van der Waals surface area contributed by atoms with Crippen LogP contribution in [-0.2, 0) is 47.5 Å². The molecule has 2 aliphatic heterocycles. The first-order valence-electron chi connectivity index (χ1n) is 14.1. The number of aliphatic carboxylic acids is 1. The van der Waals surface area contributed by atoms with Gasteiger partial charge in [0.1, 0.15) is 24.1 Å². The number of amides is 2. The van der Waals surface area contributed by atoms with E-state index in [0.717, 1.165) is 42.1 Å². The number of aromatic nitrogens is 3. The Morgan fingerprint density at radius 1 is 1.28 bits per heavy atom. The zero-order chi connectivity index (χ0) is 34.1. The van der Waals surface area contributed by atoms with Gasteiger partial charge in [0, 0.05) is 24.4 Å². The zero-order valence-corrected chi connectivity index (χ0v) is 27.0. The van der Waals surface area contributed by atoms with Crippen molar-refractivity contribution in [3.8, 4) is 16.9 Å². The number of benzene rings is 1. The number of hydrogen-bond acceptors (Lipinski definition) is 13. The van der Waals surface area contributed by atoms with Crippen LogP contribution in [0.1, 0.15) is 19.5 Å². The van der Waals surface area contributed by atoms with Gasteiger partial charge in [0.15, 0.2) is 17.9 Å². The van der Waals surface area contributed by atoms with Crippen LogP contribution in [0.15, 0.2) is 47.2 Å². The SMILES string of the molecule is C[n+]1cc(-c2ccc(OCC(O/N=C(\C(=O)N[C@@H]3C(=O)N(OS(=O)(=O)O)C3(C)C)c3csc(N)n3)C(=O)O)cc2)cn1CC1CNC1. The van der Waals surface area contributed by atoms with Crippen molar-refractivity contribution in [2.45, 2.75) is 38.1 Å². The average molecular weight is 694 g/mol. The second-order valence-corrected chi connectivity index (χ2v) is 13.3. The van der Waals surface area contributed by atoms with Crippen LogP contribution in [0.2, 0.25) is 0 Å². The van der Waals surface area contributed by atoms with Crippen molar-refractivity contribution in [1.29, 1.82) is 0 Å². The molecule has 0 bridgehead atoms. The van der Waals surface area contributed by atoms with Crippen LogP contribution in [0, 0.1) is 5.92 Å². The summed E-state index contributed by atoms with van der Waals surface area (Å²) in [5.41, 5.74) is 5.64. The molecule has 2 atom stereocenters. The molecule has 2 aliphatic rings. The van der Waals surface area contributed by atoms with Crippen LogP contribution >= 0.6 is 11.3 Å². The van der Waals surface area contributed by atoms with Crippen molar-refractivity contribution in [3.05, 3.63) is 47.7 Å². The van der Waals surface area contributed by atoms with Gasteiger partial charge in [-0.05, 0) is 31.5 Å². The molecule has 20 heteroatoms. The number of nitrogens with two attached hydrogens (primary N) is 1. The molecule has 2 saturated heterocycles. The largest absolute Gasteiger partial charge is 0.489 e. The highest BCUT2D eigenvalue weighted by atomic mass is 32.3. The summed E-state index contributed by atoms with van der Waals surface area (Å²) in [6.07, 6.45) is 2.42. The van der Waals surface area contributed by atoms with E-state index in [0.29, 0.717) is 16.7 Å². The molecule has 2 amide bonds. The van der Waals surface area contributed by atoms with E-state index in [2.05, 4.69) is 35.9 Å². The minimum Gasteiger partial charge on any atom is -0.489 e. The Bertz CT molecular complexity index is 1800. The van der Waals surface area contributed by atoms with Gasteiger partial charge in [-0.3, -0.25) is 14.1 Å². The van der Waals surface area contributed by atoms with Gasteiger partial charge in [0.2, 0.25) is 6.20 Å². The van der Waals surface area contributed by atoms with Gasteiger partial charge < -0.3 is 31.0 Å². The predicted octanol–water partition coefficient (Wildman–Crippen LogP) is -0.669. The number of nitrogen functional groups attached to an aromatic ring is 1. The highest BCUT2D eigenvalue weighted by molar-refractivity contribution is 7.80. The lowest BCUT2D eigenvalue weighted by Gasteiger charge is -2.50. The molecular weight excluding hydrogens is 660 g/mol. The van der Waals surface area contributed by atoms with Crippen molar-refractivity contribution < 1.29 is 51.0 Å². The maximum absolute atomic E-state index is 13.2. The first-order valence-corrected chi connectivity index (χ1v) is 16.4. The molecule has 252 valence electrons. The third-order valence-corrected chi connectivity index (χ3v) is 8.58. The Kier molecular flexibility index (Phi) is 9.50. The normalized spacial score (nSPS) is 18.6. The molecular formula is C27H33N8O10S2+. The number of rotatable bonds is 14. The van der Waals surface area contributed by atoms with Crippen molar-refractivity contribution in [1.82, 2.24) is 25.4 Å². The monoisotopic (exact) mass is 693 g/mol. The quantitative estimate of drug-likeness (QED) is 0.0463. The number of hydroxylamine groups is 2. The highest BCUT2D eigenvalue weighted by Crippen LogP contribution is 2.33. The maximum atomic E-state index is 13.2. The fraction of sp³-hybridized carbons (Fsp3) is 0.407. The number of carboxylic acid groups (broad SMARTS) is 1. The van der Waals surface area contributed by atoms with Gasteiger partial charge in [0.05, 0.1) is 23.8 Å². The number of carboxylic acids is 1. The molecule has 6 N–H and O–H groups in total. The summed E-state index contributed by atoms with van der Waals surface area (Å²) in [5, 5.41) is 20.9. The molecule has 2 fully saturated rings. The molecule has 0 saturated carbocycles. The summed E-state index contributed by atoms with van der Waals surface area (Å²) < 4.78 is 45.3. The van der Waals surface area contributed by atoms with E-state index in [-0.39, 0.29) is 10.8 Å². The van der Waals surface area contributed by atoms with Gasteiger partial charge in [-0.1, -0.05) is 17.3 Å². The molecule has 0 aliphatic carbocycles. The van der Waals surface area contributed by atoms with Gasteiger partial charge in [-0.15, -0.1) is 20.3 Å². The Balaban J connectivity index is 1.24. The lowest BCUT2D eigenvalue weighted by molar-refractivity contribution is -0.754. The zero-order valence-electron chi connectivity index (χ0n) is 25.4. The molecule has 0 radical (unpaired) electrons. The highest BCUT2D eigenvalue weighted by Gasteiger charge is 2.58. The van der Waals surface area contributed by atoms with Crippen molar-refractivity contribution >= 4 is 50.4 Å². The van der Waals surface area contributed by atoms with Gasteiger partial charge in [-0.2, -0.15) is 18.2 Å². The van der Waals surface area contributed by atoms with E-state index < -0.39 is 58.2 Å². The summed E-state index contributed by atoms with van der Waals surface area (Å²) in [6, 6.07) is 5.74. The van der Waals surface area contributed by atoms with Crippen LogP contribution in [0.3, 0.4) is 0 Å². The molecule has 0 spiro atoms. The summed E-state index contributed by atoms with van der Waals surface area (Å²) in [7, 11) is -3.04. The third-order valence-electron chi connectivity index (χ3n) is 7.57. The molecule has 4 heterocycles. The smallest absolute Gasteiger partial charge is 0.418 e. The van der Waals surface area contributed by atoms with E-state index >= 15 is 0 Å². The van der Waals surface area contributed by atoms with Crippen LogP contribution in [0.25, 0.3) is 11.1 Å². The van der Waals surface area contributed by atoms with Crippen LogP contribution < -0.4 is 25.8 Å². The van der Waals surface area contributed by atoms with E-state index in [4.69, 9.17) is 19.9 Å². The van der Waals surface area contributed by atoms with Crippen molar-refractivity contribution in [3.63, 3.8) is 0 Å². The average Bonchev–Trinajstić information content (AvgIpc) is 3.58. The molecule has 1 aromatic carbocycles. The van der Waals surface area contributed by atoms with Crippen molar-refractivity contribution in [2.24, 2.45) is 18.1 Å². The van der Waals surface area contributed by atoms with Gasteiger partial charge in [0.25, 0.3) is 17.9 Å².